The Labute approximate surface area is 131 Å². The van der Waals surface area contributed by atoms with Gasteiger partial charge in [0.25, 0.3) is 6.43 Å². The van der Waals surface area contributed by atoms with Crippen molar-refractivity contribution in [2.75, 3.05) is 11.1 Å². The molecule has 0 saturated carbocycles. The van der Waals surface area contributed by atoms with Crippen molar-refractivity contribution in [1.82, 2.24) is 9.97 Å². The number of alkyl halides is 2. The van der Waals surface area contributed by atoms with Gasteiger partial charge in [-0.1, -0.05) is 23.9 Å². The van der Waals surface area contributed by atoms with Gasteiger partial charge in [0.15, 0.2) is 5.16 Å². The molecular weight excluding hydrogens is 308 g/mol. The summed E-state index contributed by atoms with van der Waals surface area (Å²) in [6, 6.07) is 7.35. The fraction of sp³-hybridized carbons (Fsp3) is 0.267. The zero-order valence-corrected chi connectivity index (χ0v) is 13.0. The van der Waals surface area contributed by atoms with E-state index < -0.39 is 6.43 Å². The summed E-state index contributed by atoms with van der Waals surface area (Å²) in [5, 5.41) is 3.19. The maximum atomic E-state index is 12.4. The van der Waals surface area contributed by atoms with E-state index in [0.717, 1.165) is 11.4 Å². The van der Waals surface area contributed by atoms with Gasteiger partial charge in [-0.25, -0.2) is 18.7 Å². The van der Waals surface area contributed by atoms with E-state index in [1.54, 1.807) is 0 Å². The molecular formula is C15H15F2N3OS. The van der Waals surface area contributed by atoms with Crippen LogP contribution in [0.4, 0.5) is 14.5 Å². The third-order valence-electron chi connectivity index (χ3n) is 2.74. The minimum absolute atomic E-state index is 0.0731. The Hall–Kier alpha value is -2.02. The molecule has 2 rings (SSSR count). The summed E-state index contributed by atoms with van der Waals surface area (Å²) in [6.07, 6.45) is -2.51. The molecule has 0 unspecified atom stereocenters. The summed E-state index contributed by atoms with van der Waals surface area (Å²) >= 11 is 1.23. The summed E-state index contributed by atoms with van der Waals surface area (Å²) in [5.74, 6) is -0.0861. The van der Waals surface area contributed by atoms with E-state index in [9.17, 15) is 13.6 Å². The SMILES string of the molecule is Cc1cc(C)nc(SCC(=O)Nc2ccc(C(F)F)cc2)n1. The highest BCUT2D eigenvalue weighted by molar-refractivity contribution is 7.99. The summed E-state index contributed by atoms with van der Waals surface area (Å²) in [6.45, 7) is 3.73. The highest BCUT2D eigenvalue weighted by Crippen LogP contribution is 2.21. The predicted molar refractivity (Wildman–Crippen MR) is 82.3 cm³/mol. The van der Waals surface area contributed by atoms with Gasteiger partial charge in [0.1, 0.15) is 0 Å². The zero-order valence-electron chi connectivity index (χ0n) is 12.1. The molecule has 0 aliphatic rings. The van der Waals surface area contributed by atoms with Crippen molar-refractivity contribution in [3.63, 3.8) is 0 Å². The lowest BCUT2D eigenvalue weighted by atomic mass is 10.2. The molecule has 1 N–H and O–H groups in total. The zero-order chi connectivity index (χ0) is 16.1. The van der Waals surface area contributed by atoms with E-state index in [-0.39, 0.29) is 17.2 Å². The van der Waals surface area contributed by atoms with Gasteiger partial charge in [-0.15, -0.1) is 0 Å². The molecule has 1 aromatic heterocycles. The van der Waals surface area contributed by atoms with E-state index in [2.05, 4.69) is 15.3 Å². The van der Waals surface area contributed by atoms with Gasteiger partial charge in [-0.2, -0.15) is 0 Å². The van der Waals surface area contributed by atoms with Gasteiger partial charge in [0, 0.05) is 22.6 Å². The Balaban J connectivity index is 1.90. The number of hydrogen-bond donors (Lipinski definition) is 1. The van der Waals surface area contributed by atoms with Crippen LogP contribution in [-0.4, -0.2) is 21.6 Å². The summed E-state index contributed by atoms with van der Waals surface area (Å²) in [4.78, 5) is 20.3. The van der Waals surface area contributed by atoms with Crippen LogP contribution < -0.4 is 5.32 Å². The number of benzene rings is 1. The van der Waals surface area contributed by atoms with Gasteiger partial charge in [-0.05, 0) is 32.0 Å². The Kier molecular flexibility index (Phi) is 5.43. The van der Waals surface area contributed by atoms with Crippen LogP contribution in [0, 0.1) is 13.8 Å². The van der Waals surface area contributed by atoms with E-state index in [0.29, 0.717) is 10.8 Å². The van der Waals surface area contributed by atoms with Crippen molar-refractivity contribution in [3.05, 3.63) is 47.3 Å². The van der Waals surface area contributed by atoms with Crippen LogP contribution in [0.5, 0.6) is 0 Å². The van der Waals surface area contributed by atoms with Crippen molar-refractivity contribution in [1.29, 1.82) is 0 Å². The lowest BCUT2D eigenvalue weighted by molar-refractivity contribution is -0.113. The Morgan fingerprint density at radius 1 is 1.18 bits per heavy atom. The molecule has 0 aliphatic heterocycles. The van der Waals surface area contributed by atoms with Crippen molar-refractivity contribution >= 4 is 23.4 Å². The van der Waals surface area contributed by atoms with Crippen LogP contribution in [0.15, 0.2) is 35.5 Å². The van der Waals surface area contributed by atoms with Crippen molar-refractivity contribution in [2.24, 2.45) is 0 Å². The first kappa shape index (κ1) is 16.4. The molecule has 22 heavy (non-hydrogen) atoms. The normalized spacial score (nSPS) is 10.8. The topological polar surface area (TPSA) is 54.9 Å². The molecule has 1 aromatic carbocycles. The largest absolute Gasteiger partial charge is 0.325 e. The number of rotatable bonds is 5. The van der Waals surface area contributed by atoms with Crippen molar-refractivity contribution in [2.45, 2.75) is 25.4 Å². The lowest BCUT2D eigenvalue weighted by Gasteiger charge is -2.06. The van der Waals surface area contributed by atoms with Gasteiger partial charge in [0.2, 0.25) is 5.91 Å². The molecule has 116 valence electrons. The molecule has 0 spiro atoms. The number of nitrogens with zero attached hydrogens (tertiary/aromatic N) is 2. The van der Waals surface area contributed by atoms with E-state index in [1.165, 1.54) is 36.0 Å². The number of carbonyl (C=O) groups is 1. The highest BCUT2D eigenvalue weighted by Gasteiger charge is 2.09. The smallest absolute Gasteiger partial charge is 0.263 e. The molecule has 0 radical (unpaired) electrons. The lowest BCUT2D eigenvalue weighted by Crippen LogP contribution is -2.14. The molecule has 0 fully saturated rings. The summed E-state index contributed by atoms with van der Waals surface area (Å²) < 4.78 is 24.9. The molecule has 0 aliphatic carbocycles. The second-order valence-electron chi connectivity index (χ2n) is 4.69. The molecule has 0 saturated heterocycles. The van der Waals surface area contributed by atoms with Crippen LogP contribution in [0.3, 0.4) is 0 Å². The molecule has 1 amide bonds. The third kappa shape index (κ3) is 4.77. The van der Waals surface area contributed by atoms with Crippen molar-refractivity contribution < 1.29 is 13.6 Å². The first-order chi connectivity index (χ1) is 10.4. The number of thioether (sulfide) groups is 1. The first-order valence-corrected chi connectivity index (χ1v) is 7.55. The monoisotopic (exact) mass is 323 g/mol. The molecule has 2 aromatic rings. The average molecular weight is 323 g/mol. The molecule has 0 atom stereocenters. The minimum atomic E-state index is -2.51. The quantitative estimate of drug-likeness (QED) is 0.672. The number of aryl methyl sites for hydroxylation is 2. The number of nitrogens with one attached hydrogen (secondary N) is 1. The third-order valence-corrected chi connectivity index (χ3v) is 3.59. The van der Waals surface area contributed by atoms with Gasteiger partial charge < -0.3 is 5.32 Å². The predicted octanol–water partition coefficient (Wildman–Crippen LogP) is 3.76. The number of amides is 1. The second-order valence-corrected chi connectivity index (χ2v) is 5.64. The molecule has 4 nitrogen and oxygen atoms in total. The van der Waals surface area contributed by atoms with E-state index in [4.69, 9.17) is 0 Å². The van der Waals surface area contributed by atoms with Crippen LogP contribution in [0.2, 0.25) is 0 Å². The maximum Gasteiger partial charge on any atom is 0.263 e. The number of carbonyl (C=O) groups excluding carboxylic acids is 1. The first-order valence-electron chi connectivity index (χ1n) is 6.57. The number of anilines is 1. The van der Waals surface area contributed by atoms with Gasteiger partial charge >= 0.3 is 0 Å². The van der Waals surface area contributed by atoms with E-state index in [1.807, 2.05) is 19.9 Å². The minimum Gasteiger partial charge on any atom is -0.325 e. The Bertz CT molecular complexity index is 642. The van der Waals surface area contributed by atoms with Crippen LogP contribution in [0.1, 0.15) is 23.4 Å². The van der Waals surface area contributed by atoms with Crippen LogP contribution >= 0.6 is 11.8 Å². The molecule has 1 heterocycles. The number of hydrogen-bond acceptors (Lipinski definition) is 4. The van der Waals surface area contributed by atoms with Crippen LogP contribution in [0.25, 0.3) is 0 Å². The van der Waals surface area contributed by atoms with Crippen molar-refractivity contribution in [3.8, 4) is 0 Å². The fourth-order valence-corrected chi connectivity index (χ4v) is 2.55. The second kappa shape index (κ2) is 7.31. The fourth-order valence-electron chi connectivity index (χ4n) is 1.80. The number of aromatic nitrogens is 2. The Morgan fingerprint density at radius 3 is 2.32 bits per heavy atom. The maximum absolute atomic E-state index is 12.4. The summed E-state index contributed by atoms with van der Waals surface area (Å²) in [7, 11) is 0. The number of halogens is 2. The molecule has 0 bridgehead atoms. The summed E-state index contributed by atoms with van der Waals surface area (Å²) in [5.41, 5.74) is 2.10. The van der Waals surface area contributed by atoms with Gasteiger partial charge in [-0.3, -0.25) is 4.79 Å². The standard InChI is InChI=1S/C15H15F2N3OS/c1-9-7-10(2)19-15(18-9)22-8-13(21)20-12-5-3-11(4-6-12)14(16)17/h3-7,14H,8H2,1-2H3,(H,20,21). The van der Waals surface area contributed by atoms with Crippen LogP contribution in [-0.2, 0) is 4.79 Å². The Morgan fingerprint density at radius 2 is 1.77 bits per heavy atom. The average Bonchev–Trinajstić information content (AvgIpc) is 2.45. The highest BCUT2D eigenvalue weighted by atomic mass is 32.2. The van der Waals surface area contributed by atoms with E-state index >= 15 is 0 Å². The molecule has 7 heteroatoms. The van der Waals surface area contributed by atoms with Gasteiger partial charge in [0.05, 0.1) is 5.75 Å².